The minimum atomic E-state index is -0.0339. The molecule has 0 aliphatic carbocycles. The predicted octanol–water partition coefficient (Wildman–Crippen LogP) is 8.63. The van der Waals surface area contributed by atoms with Gasteiger partial charge in [0.1, 0.15) is 15.8 Å². The molecule has 0 saturated carbocycles. The number of nitrogens with two attached hydrogens (primary N) is 1. The Balaban J connectivity index is 0.000000136. The van der Waals surface area contributed by atoms with Crippen LogP contribution in [0.5, 0.6) is 0 Å². The molecule has 59 heavy (non-hydrogen) atoms. The zero-order valence-corrected chi connectivity index (χ0v) is 36.4. The van der Waals surface area contributed by atoms with Gasteiger partial charge < -0.3 is 48.0 Å². The molecule has 15 heteroatoms. The van der Waals surface area contributed by atoms with Crippen molar-refractivity contribution in [1.29, 1.82) is 0 Å². The SMILES string of the molecule is CCC1CC2C(=O)Nc3ccccc3NC2S1.CCc1cc2c(s1)Nc1ccccc1N=C2N.CCc1cc2c(s1)Nc1ccccc1NC2=O.CN1CCNCC1.O. The number of anilines is 7. The molecule has 0 radical (unpaired) electrons. The van der Waals surface area contributed by atoms with E-state index < -0.39 is 0 Å². The molecular formula is C44H55N9O3S3. The van der Waals surface area contributed by atoms with Crippen LogP contribution in [0.4, 0.5) is 44.1 Å². The number of hydrogen-bond acceptors (Lipinski definition) is 12. The normalized spacial score (nSPS) is 19.5. The highest BCUT2D eigenvalue weighted by molar-refractivity contribution is 8.00. The van der Waals surface area contributed by atoms with Crippen molar-refractivity contribution in [2.24, 2.45) is 16.6 Å². The van der Waals surface area contributed by atoms with E-state index in [-0.39, 0.29) is 28.6 Å². The minimum Gasteiger partial charge on any atom is -0.412 e. The summed E-state index contributed by atoms with van der Waals surface area (Å²) < 4.78 is 0. The van der Waals surface area contributed by atoms with E-state index in [1.54, 1.807) is 22.7 Å². The molecule has 5 aliphatic heterocycles. The maximum absolute atomic E-state index is 12.2. The number of nitrogens with one attached hydrogen (secondary N) is 6. The summed E-state index contributed by atoms with van der Waals surface area (Å²) >= 11 is 5.29. The van der Waals surface area contributed by atoms with Gasteiger partial charge in [0.05, 0.1) is 56.5 Å². The molecule has 312 valence electrons. The Morgan fingerprint density at radius 3 is 1.88 bits per heavy atom. The van der Waals surface area contributed by atoms with Gasteiger partial charge in [-0.15, -0.1) is 34.4 Å². The second-order valence-corrected chi connectivity index (χ2v) is 18.3. The summed E-state index contributed by atoms with van der Waals surface area (Å²) in [6.45, 7) is 11.2. The van der Waals surface area contributed by atoms with Crippen LogP contribution in [0.15, 0.2) is 89.9 Å². The Bertz CT molecular complexity index is 2250. The van der Waals surface area contributed by atoms with Gasteiger partial charge in [-0.2, -0.15) is 0 Å². The van der Waals surface area contributed by atoms with Crippen molar-refractivity contribution in [3.05, 3.63) is 106 Å². The Morgan fingerprint density at radius 2 is 1.27 bits per heavy atom. The Morgan fingerprint density at radius 1 is 0.729 bits per heavy atom. The van der Waals surface area contributed by atoms with Crippen LogP contribution in [0.25, 0.3) is 0 Å². The molecule has 0 bridgehead atoms. The van der Waals surface area contributed by atoms with Crippen LogP contribution >= 0.6 is 34.4 Å². The molecule has 5 aromatic rings. The fourth-order valence-electron chi connectivity index (χ4n) is 7.06. The van der Waals surface area contributed by atoms with Gasteiger partial charge in [-0.25, -0.2) is 4.99 Å². The third-order valence-electron chi connectivity index (χ3n) is 10.4. The van der Waals surface area contributed by atoms with Crippen LogP contribution in [-0.2, 0) is 17.6 Å². The molecule has 2 fully saturated rings. The number of likely N-dealkylation sites (N-methyl/N-ethyl adjacent to an activating group) is 1. The molecule has 3 unspecified atom stereocenters. The van der Waals surface area contributed by atoms with Crippen LogP contribution in [0.2, 0.25) is 0 Å². The predicted molar refractivity (Wildman–Crippen MR) is 251 cm³/mol. The molecule has 2 aromatic heterocycles. The third-order valence-corrected chi connectivity index (χ3v) is 14.5. The van der Waals surface area contributed by atoms with Gasteiger partial charge in [-0.3, -0.25) is 9.59 Å². The molecule has 10 rings (SSSR count). The number of piperazine rings is 1. The lowest BCUT2D eigenvalue weighted by molar-refractivity contribution is -0.119. The monoisotopic (exact) mass is 853 g/mol. The van der Waals surface area contributed by atoms with Crippen molar-refractivity contribution in [3.8, 4) is 0 Å². The molecule has 12 nitrogen and oxygen atoms in total. The van der Waals surface area contributed by atoms with Crippen molar-refractivity contribution < 1.29 is 15.1 Å². The molecule has 3 atom stereocenters. The summed E-state index contributed by atoms with van der Waals surface area (Å²) in [5.74, 6) is 0.815. The number of aliphatic imine (C=N–C) groups is 1. The largest absolute Gasteiger partial charge is 0.412 e. The molecule has 2 saturated heterocycles. The third kappa shape index (κ3) is 10.7. The van der Waals surface area contributed by atoms with Gasteiger partial charge in [0.15, 0.2) is 0 Å². The van der Waals surface area contributed by atoms with E-state index in [0.717, 1.165) is 94.0 Å². The maximum atomic E-state index is 12.2. The van der Waals surface area contributed by atoms with E-state index in [0.29, 0.717) is 11.1 Å². The molecule has 7 heterocycles. The molecule has 2 amide bonds. The van der Waals surface area contributed by atoms with E-state index in [9.17, 15) is 9.59 Å². The lowest BCUT2D eigenvalue weighted by Crippen LogP contribution is -2.40. The first kappa shape index (κ1) is 43.7. The summed E-state index contributed by atoms with van der Waals surface area (Å²) in [4.78, 5) is 33.5. The lowest BCUT2D eigenvalue weighted by atomic mass is 10.0. The van der Waals surface area contributed by atoms with Crippen molar-refractivity contribution in [2.75, 3.05) is 59.8 Å². The number of carbonyl (C=O) groups excluding carboxylic acids is 2. The quantitative estimate of drug-likeness (QED) is 0.0936. The number of benzene rings is 3. The smallest absolute Gasteiger partial charge is 0.258 e. The average molecular weight is 854 g/mol. The lowest BCUT2D eigenvalue weighted by Gasteiger charge is -2.21. The van der Waals surface area contributed by atoms with Crippen LogP contribution in [0.3, 0.4) is 0 Å². The number of thioether (sulfide) groups is 1. The van der Waals surface area contributed by atoms with E-state index in [2.05, 4.69) is 75.7 Å². The maximum Gasteiger partial charge on any atom is 0.258 e. The van der Waals surface area contributed by atoms with Crippen LogP contribution in [0.1, 0.15) is 59.3 Å². The highest BCUT2D eigenvalue weighted by atomic mass is 32.2. The Hall–Kier alpha value is -4.90. The number of thiophene rings is 2. The number of amides is 2. The van der Waals surface area contributed by atoms with Crippen molar-refractivity contribution in [1.82, 2.24) is 10.2 Å². The van der Waals surface area contributed by atoms with Gasteiger partial charge in [-0.1, -0.05) is 57.2 Å². The van der Waals surface area contributed by atoms with E-state index in [1.807, 2.05) is 90.6 Å². The van der Waals surface area contributed by atoms with E-state index >= 15 is 0 Å². The summed E-state index contributed by atoms with van der Waals surface area (Å²) in [6, 6.07) is 27.7. The summed E-state index contributed by atoms with van der Waals surface area (Å²) in [7, 11) is 2.15. The number of carbonyl (C=O) groups is 2. The summed E-state index contributed by atoms with van der Waals surface area (Å²) in [6.07, 6.45) is 4.09. The number of fused-ring (bicyclic) bond motifs is 6. The number of hydrogen-bond donors (Lipinski definition) is 7. The molecule has 0 spiro atoms. The number of aryl methyl sites for hydroxylation is 2. The van der Waals surface area contributed by atoms with E-state index in [1.165, 1.54) is 22.8 Å². The Labute approximate surface area is 359 Å². The van der Waals surface area contributed by atoms with E-state index in [4.69, 9.17) is 5.73 Å². The number of rotatable bonds is 3. The fourth-order valence-corrected chi connectivity index (χ4v) is 10.6. The van der Waals surface area contributed by atoms with Gasteiger partial charge >= 0.3 is 0 Å². The average Bonchev–Trinajstić information content (AvgIpc) is 3.91. The van der Waals surface area contributed by atoms with Gasteiger partial charge in [0.25, 0.3) is 5.91 Å². The molecule has 5 aliphatic rings. The van der Waals surface area contributed by atoms with Gasteiger partial charge in [-0.05, 0) is 81.3 Å². The fraction of sp³-hybridized carbons (Fsp3) is 0.341. The molecule has 10 N–H and O–H groups in total. The zero-order chi connectivity index (χ0) is 40.6. The molecule has 3 aromatic carbocycles. The minimum absolute atomic E-state index is 0. The van der Waals surface area contributed by atoms with Crippen molar-refractivity contribution in [2.45, 2.75) is 57.1 Å². The molecular weight excluding hydrogens is 799 g/mol. The van der Waals surface area contributed by atoms with Crippen LogP contribution in [0, 0.1) is 5.92 Å². The summed E-state index contributed by atoms with van der Waals surface area (Å²) in [5, 5.41) is 22.3. The number of para-hydroxylation sites is 6. The van der Waals surface area contributed by atoms with Crippen molar-refractivity contribution >= 4 is 96.2 Å². The number of nitrogens with zero attached hydrogens (tertiary/aromatic N) is 2. The summed E-state index contributed by atoms with van der Waals surface area (Å²) in [5.41, 5.74) is 13.4. The topological polar surface area (TPSA) is 179 Å². The first-order valence-corrected chi connectivity index (χ1v) is 22.6. The standard InChI is InChI=1S/C13H13N3S.C13H16N2OS.C13H12N2OS.C5H12N2.H2O/c1-2-8-7-9-12(14)15-10-5-3-4-6-11(10)16-13(9)17-8;2*1-2-8-7-9-12(16)14-10-5-3-4-6-11(10)15-13(9)17-8;1-7-4-2-6-3-5-7;/h3-7,16H,2H2,1H3,(H2,14,15);3-6,8-9,13,15H,2,7H2,1H3,(H,14,16);3-7,15H,2H2,1H3,(H,14,16);6H,2-5H2,1H3;1H2. The first-order valence-electron chi connectivity index (χ1n) is 20.1. The van der Waals surface area contributed by atoms with Crippen LogP contribution in [-0.4, -0.2) is 71.9 Å². The Kier molecular flexibility index (Phi) is 15.1. The second-order valence-electron chi connectivity index (χ2n) is 14.5. The van der Waals surface area contributed by atoms with Crippen LogP contribution < -0.4 is 37.6 Å². The van der Waals surface area contributed by atoms with Gasteiger partial charge in [0, 0.05) is 41.2 Å². The highest BCUT2D eigenvalue weighted by Gasteiger charge is 2.40. The second kappa shape index (κ2) is 20.4. The van der Waals surface area contributed by atoms with Crippen molar-refractivity contribution in [3.63, 3.8) is 0 Å². The first-order chi connectivity index (χ1) is 28.2. The number of amidine groups is 1. The highest BCUT2D eigenvalue weighted by Crippen LogP contribution is 2.44. The van der Waals surface area contributed by atoms with Gasteiger partial charge in [0.2, 0.25) is 5.91 Å². The zero-order valence-electron chi connectivity index (χ0n) is 34.0.